The minimum Gasteiger partial charge on any atom is -0.497 e. The van der Waals surface area contributed by atoms with Crippen LogP contribution in [0.5, 0.6) is 5.75 Å². The molecule has 0 unspecified atom stereocenters. The fraction of sp³-hybridized carbons (Fsp3) is 0.261. The lowest BCUT2D eigenvalue weighted by atomic mass is 10.1. The molecule has 0 bridgehead atoms. The van der Waals surface area contributed by atoms with Gasteiger partial charge >= 0.3 is 0 Å². The highest BCUT2D eigenvalue weighted by Crippen LogP contribution is 2.25. The molecule has 154 valence electrons. The van der Waals surface area contributed by atoms with Gasteiger partial charge in [-0.3, -0.25) is 4.79 Å². The zero-order chi connectivity index (χ0) is 20.9. The van der Waals surface area contributed by atoms with Crippen LogP contribution >= 0.6 is 15.9 Å². The number of piperidine rings is 1. The first-order valence-corrected chi connectivity index (χ1v) is 10.8. The number of benzene rings is 2. The van der Waals surface area contributed by atoms with E-state index in [9.17, 15) is 4.79 Å². The van der Waals surface area contributed by atoms with Crippen LogP contribution in [0.3, 0.4) is 0 Å². The normalized spacial score (nSPS) is 13.7. The van der Waals surface area contributed by atoms with E-state index in [1.165, 1.54) is 19.3 Å². The van der Waals surface area contributed by atoms with Crippen LogP contribution in [0.25, 0.3) is 11.3 Å². The van der Waals surface area contributed by atoms with Gasteiger partial charge in [0.25, 0.3) is 5.91 Å². The fourth-order valence-electron chi connectivity index (χ4n) is 3.50. The van der Waals surface area contributed by atoms with Crippen molar-refractivity contribution in [3.05, 3.63) is 64.6 Å². The van der Waals surface area contributed by atoms with E-state index in [0.29, 0.717) is 21.5 Å². The Morgan fingerprint density at radius 3 is 2.43 bits per heavy atom. The van der Waals surface area contributed by atoms with Crippen molar-refractivity contribution in [3.8, 4) is 17.0 Å². The molecule has 0 aliphatic carbocycles. The Bertz CT molecular complexity index is 1020. The van der Waals surface area contributed by atoms with E-state index in [1.807, 2.05) is 36.4 Å². The molecule has 1 aliphatic heterocycles. The Morgan fingerprint density at radius 1 is 1.00 bits per heavy atom. The molecule has 0 spiro atoms. The number of hydrogen-bond donors (Lipinski definition) is 1. The molecule has 2 heterocycles. The molecule has 4 rings (SSSR count). The van der Waals surface area contributed by atoms with E-state index < -0.39 is 0 Å². The molecule has 1 N–H and O–H groups in total. The van der Waals surface area contributed by atoms with Gasteiger partial charge in [0.05, 0.1) is 18.4 Å². The maximum atomic E-state index is 12.6. The van der Waals surface area contributed by atoms with E-state index in [2.05, 4.69) is 36.3 Å². The molecular weight excluding hydrogens is 444 g/mol. The highest BCUT2D eigenvalue weighted by Gasteiger charge is 2.14. The minimum atomic E-state index is -0.209. The topological polar surface area (TPSA) is 67.3 Å². The average molecular weight is 467 g/mol. The van der Waals surface area contributed by atoms with Crippen molar-refractivity contribution in [1.29, 1.82) is 0 Å². The smallest absolute Gasteiger partial charge is 0.256 e. The first-order valence-electron chi connectivity index (χ1n) is 9.98. The van der Waals surface area contributed by atoms with Gasteiger partial charge in [-0.25, -0.2) is 0 Å². The summed E-state index contributed by atoms with van der Waals surface area (Å²) in [5.74, 6) is 1.36. The van der Waals surface area contributed by atoms with Crippen molar-refractivity contribution in [2.24, 2.45) is 0 Å². The Morgan fingerprint density at radius 2 is 1.77 bits per heavy atom. The summed E-state index contributed by atoms with van der Waals surface area (Å²) in [6, 6.07) is 16.9. The Hall–Kier alpha value is -2.93. The standard InChI is InChI=1S/C23H23BrN4O2/c1-30-18-9-10-20(24)19(15-18)23(29)25-17-7-5-16(6-8-17)21-11-12-22(27-26-21)28-13-3-2-4-14-28/h5-12,15H,2-4,13-14H2,1H3,(H,25,29). The second-order valence-electron chi connectivity index (χ2n) is 7.20. The van der Waals surface area contributed by atoms with Crippen LogP contribution in [0, 0.1) is 0 Å². The summed E-state index contributed by atoms with van der Waals surface area (Å²) in [6.07, 6.45) is 3.71. The average Bonchev–Trinajstić information content (AvgIpc) is 2.80. The van der Waals surface area contributed by atoms with Gasteiger partial charge in [0.15, 0.2) is 5.82 Å². The summed E-state index contributed by atoms with van der Waals surface area (Å²) < 4.78 is 5.91. The predicted octanol–water partition coefficient (Wildman–Crippen LogP) is 5.16. The predicted molar refractivity (Wildman–Crippen MR) is 122 cm³/mol. The molecule has 1 saturated heterocycles. The lowest BCUT2D eigenvalue weighted by Crippen LogP contribution is -2.30. The molecule has 0 radical (unpaired) electrons. The maximum absolute atomic E-state index is 12.6. The van der Waals surface area contributed by atoms with Crippen molar-refractivity contribution in [3.63, 3.8) is 0 Å². The van der Waals surface area contributed by atoms with Gasteiger partial charge in [-0.15, -0.1) is 10.2 Å². The first-order chi connectivity index (χ1) is 14.6. The van der Waals surface area contributed by atoms with Gasteiger partial charge in [-0.1, -0.05) is 12.1 Å². The molecule has 7 heteroatoms. The zero-order valence-electron chi connectivity index (χ0n) is 16.8. The van der Waals surface area contributed by atoms with Crippen LogP contribution in [0.1, 0.15) is 29.6 Å². The molecule has 30 heavy (non-hydrogen) atoms. The van der Waals surface area contributed by atoms with E-state index in [4.69, 9.17) is 4.74 Å². The molecule has 0 saturated carbocycles. The number of carbonyl (C=O) groups is 1. The van der Waals surface area contributed by atoms with Crippen molar-refractivity contribution in [1.82, 2.24) is 10.2 Å². The van der Waals surface area contributed by atoms with Gasteiger partial charge in [-0.05, 0) is 77.7 Å². The Balaban J connectivity index is 1.44. The summed E-state index contributed by atoms with van der Waals surface area (Å²) in [5, 5.41) is 11.7. The minimum absolute atomic E-state index is 0.209. The van der Waals surface area contributed by atoms with Crippen LogP contribution < -0.4 is 15.0 Å². The maximum Gasteiger partial charge on any atom is 0.256 e. The number of nitrogens with zero attached hydrogens (tertiary/aromatic N) is 3. The number of hydrogen-bond acceptors (Lipinski definition) is 5. The van der Waals surface area contributed by atoms with Crippen molar-refractivity contribution in [2.45, 2.75) is 19.3 Å². The van der Waals surface area contributed by atoms with Crippen LogP contribution in [0.15, 0.2) is 59.1 Å². The number of halogens is 1. The molecular formula is C23H23BrN4O2. The number of rotatable bonds is 5. The van der Waals surface area contributed by atoms with Gasteiger partial charge in [0.2, 0.25) is 0 Å². The molecule has 1 amide bonds. The monoisotopic (exact) mass is 466 g/mol. The van der Waals surface area contributed by atoms with Crippen LogP contribution in [0.2, 0.25) is 0 Å². The quantitative estimate of drug-likeness (QED) is 0.562. The van der Waals surface area contributed by atoms with Crippen molar-refractivity contribution < 1.29 is 9.53 Å². The summed E-state index contributed by atoms with van der Waals surface area (Å²) in [4.78, 5) is 14.9. The van der Waals surface area contributed by atoms with E-state index in [1.54, 1.807) is 25.3 Å². The number of anilines is 2. The molecule has 0 atom stereocenters. The lowest BCUT2D eigenvalue weighted by Gasteiger charge is -2.27. The summed E-state index contributed by atoms with van der Waals surface area (Å²) in [6.45, 7) is 2.09. The Kier molecular flexibility index (Phi) is 6.28. The third-order valence-corrected chi connectivity index (χ3v) is 5.88. The number of nitrogens with one attached hydrogen (secondary N) is 1. The van der Waals surface area contributed by atoms with Crippen LogP contribution in [-0.4, -0.2) is 36.3 Å². The zero-order valence-corrected chi connectivity index (χ0v) is 18.4. The summed E-state index contributed by atoms with van der Waals surface area (Å²) >= 11 is 3.42. The van der Waals surface area contributed by atoms with Gasteiger partial charge in [-0.2, -0.15) is 0 Å². The highest BCUT2D eigenvalue weighted by molar-refractivity contribution is 9.10. The molecule has 6 nitrogen and oxygen atoms in total. The van der Waals surface area contributed by atoms with Crippen LogP contribution in [-0.2, 0) is 0 Å². The number of aromatic nitrogens is 2. The van der Waals surface area contributed by atoms with Crippen LogP contribution in [0.4, 0.5) is 11.5 Å². The lowest BCUT2D eigenvalue weighted by molar-refractivity contribution is 0.102. The molecule has 1 aromatic heterocycles. The summed E-state index contributed by atoms with van der Waals surface area (Å²) in [7, 11) is 1.58. The highest BCUT2D eigenvalue weighted by atomic mass is 79.9. The number of amides is 1. The van der Waals surface area contributed by atoms with E-state index >= 15 is 0 Å². The van der Waals surface area contributed by atoms with Gasteiger partial charge in [0.1, 0.15) is 5.75 Å². The van der Waals surface area contributed by atoms with Gasteiger partial charge in [0, 0.05) is 28.8 Å². The SMILES string of the molecule is COc1ccc(Br)c(C(=O)Nc2ccc(-c3ccc(N4CCCCC4)nn3)cc2)c1. The van der Waals surface area contributed by atoms with E-state index in [-0.39, 0.29) is 5.91 Å². The van der Waals surface area contributed by atoms with Gasteiger partial charge < -0.3 is 15.0 Å². The summed E-state index contributed by atoms with van der Waals surface area (Å²) in [5.41, 5.74) is 2.98. The number of ether oxygens (including phenoxy) is 1. The second kappa shape index (κ2) is 9.26. The fourth-order valence-corrected chi connectivity index (χ4v) is 3.93. The molecule has 3 aromatic rings. The van der Waals surface area contributed by atoms with E-state index in [0.717, 1.165) is 30.2 Å². The first kappa shape index (κ1) is 20.3. The Labute approximate surface area is 184 Å². The molecule has 2 aromatic carbocycles. The molecule has 1 aliphatic rings. The number of methoxy groups -OCH3 is 1. The van der Waals surface area contributed by atoms with Crippen molar-refractivity contribution in [2.75, 3.05) is 30.4 Å². The third kappa shape index (κ3) is 4.62. The van der Waals surface area contributed by atoms with Crippen molar-refractivity contribution >= 4 is 33.3 Å². The largest absolute Gasteiger partial charge is 0.497 e. The molecule has 1 fully saturated rings. The number of carbonyl (C=O) groups excluding carboxylic acids is 1. The second-order valence-corrected chi connectivity index (χ2v) is 8.06. The third-order valence-electron chi connectivity index (χ3n) is 5.19.